The van der Waals surface area contributed by atoms with Crippen LogP contribution in [0.4, 0.5) is 9.80 Å². The number of carbonyl (C=O) groups is 2. The molecule has 0 aliphatic heterocycles. The minimum absolute atomic E-state index is 0.175. The number of ether oxygens (including phenoxy) is 1. The van der Waals surface area contributed by atoms with Gasteiger partial charge in [0.25, 0.3) is 0 Å². The summed E-state index contributed by atoms with van der Waals surface area (Å²) >= 11 is 1.43. The molecule has 4 rings (SSSR count). The maximum absolute atomic E-state index is 12.4. The Hall–Kier alpha value is -3.96. The summed E-state index contributed by atoms with van der Waals surface area (Å²) in [5.74, 6) is -0.122. The van der Waals surface area contributed by atoms with Gasteiger partial charge in [0.2, 0.25) is 5.91 Å². The predicted octanol–water partition coefficient (Wildman–Crippen LogP) is 4.70. The van der Waals surface area contributed by atoms with Crippen molar-refractivity contribution in [1.29, 1.82) is 5.26 Å². The van der Waals surface area contributed by atoms with Crippen molar-refractivity contribution in [2.45, 2.75) is 25.8 Å². The van der Waals surface area contributed by atoms with Crippen LogP contribution in [-0.2, 0) is 28.9 Å². The van der Waals surface area contributed by atoms with Crippen LogP contribution >= 0.6 is 11.3 Å². The fraction of sp³-hybridized carbons (Fsp3) is 0.231. The van der Waals surface area contributed by atoms with Gasteiger partial charge < -0.3 is 15.4 Å². The van der Waals surface area contributed by atoms with E-state index in [1.54, 1.807) is 24.5 Å². The number of aromatic nitrogens is 1. The quantitative estimate of drug-likeness (QED) is 0.485. The number of carbonyl (C=O) groups excluding carboxylic acids is 2. The average Bonchev–Trinajstić information content (AvgIpc) is 3.22. The minimum Gasteiger partial charge on any atom is -0.449 e. The summed E-state index contributed by atoms with van der Waals surface area (Å²) < 4.78 is 5.43. The Bertz CT molecular complexity index is 1220. The molecule has 1 aliphatic carbocycles. The smallest absolute Gasteiger partial charge is 0.407 e. The Morgan fingerprint density at radius 3 is 2.85 bits per heavy atom. The van der Waals surface area contributed by atoms with Gasteiger partial charge in [-0.3, -0.25) is 9.78 Å². The van der Waals surface area contributed by atoms with Crippen LogP contribution in [-0.4, -0.2) is 23.6 Å². The Morgan fingerprint density at radius 1 is 1.24 bits per heavy atom. The van der Waals surface area contributed by atoms with E-state index in [0.29, 0.717) is 30.1 Å². The normalized spacial score (nSPS) is 14.7. The standard InChI is InChI=1S/C26H24N4O3S/c27-14-22-21-10-8-20(17-33-26(32)29-16-18-5-2-1-3-6-18)13-23(21)34-25(22)30-24(31)11-9-19-7-4-12-28-15-19/h1-7,9,11-12,15,20H,8,10,13,16-17H2,(H,29,32)(H,30,31). The fourth-order valence-electron chi connectivity index (χ4n) is 3.82. The van der Waals surface area contributed by atoms with Gasteiger partial charge in [-0.15, -0.1) is 11.3 Å². The van der Waals surface area contributed by atoms with Gasteiger partial charge in [0.05, 0.1) is 12.2 Å². The Kier molecular flexibility index (Phi) is 7.68. The van der Waals surface area contributed by atoms with Crippen molar-refractivity contribution in [3.8, 4) is 6.07 Å². The van der Waals surface area contributed by atoms with Crippen LogP contribution in [0.25, 0.3) is 6.08 Å². The van der Waals surface area contributed by atoms with E-state index >= 15 is 0 Å². The number of nitriles is 1. The van der Waals surface area contributed by atoms with Gasteiger partial charge in [0, 0.05) is 29.9 Å². The van der Waals surface area contributed by atoms with E-state index in [0.717, 1.165) is 34.4 Å². The molecule has 1 atom stereocenters. The number of rotatable bonds is 7. The monoisotopic (exact) mass is 472 g/mol. The molecule has 0 bridgehead atoms. The summed E-state index contributed by atoms with van der Waals surface area (Å²) in [6, 6.07) is 15.6. The van der Waals surface area contributed by atoms with Gasteiger partial charge >= 0.3 is 6.09 Å². The summed E-state index contributed by atoms with van der Waals surface area (Å²) in [5.41, 5.74) is 3.35. The largest absolute Gasteiger partial charge is 0.449 e. The zero-order valence-electron chi connectivity index (χ0n) is 18.5. The molecule has 7 nitrogen and oxygen atoms in total. The summed E-state index contributed by atoms with van der Waals surface area (Å²) in [7, 11) is 0. The molecule has 2 heterocycles. The van der Waals surface area contributed by atoms with Crippen molar-refractivity contribution in [1.82, 2.24) is 10.3 Å². The van der Waals surface area contributed by atoms with E-state index in [9.17, 15) is 14.9 Å². The summed E-state index contributed by atoms with van der Waals surface area (Å²) in [6.07, 6.45) is 8.25. The number of alkyl carbamates (subject to hydrolysis) is 1. The minimum atomic E-state index is -0.438. The van der Waals surface area contributed by atoms with E-state index in [-0.39, 0.29) is 11.8 Å². The molecule has 0 radical (unpaired) electrons. The molecule has 0 saturated carbocycles. The second-order valence-electron chi connectivity index (χ2n) is 7.98. The molecule has 172 valence electrons. The van der Waals surface area contributed by atoms with E-state index in [1.165, 1.54) is 17.4 Å². The Labute approximate surface area is 202 Å². The van der Waals surface area contributed by atoms with Gasteiger partial charge in [-0.05, 0) is 54.0 Å². The molecular formula is C26H24N4O3S. The van der Waals surface area contributed by atoms with Crippen LogP contribution in [0.3, 0.4) is 0 Å². The van der Waals surface area contributed by atoms with E-state index in [2.05, 4.69) is 21.7 Å². The lowest BCUT2D eigenvalue weighted by Gasteiger charge is -2.21. The summed E-state index contributed by atoms with van der Waals surface area (Å²) in [5, 5.41) is 15.9. The van der Waals surface area contributed by atoms with Crippen LogP contribution in [0.5, 0.6) is 0 Å². The molecule has 2 aromatic heterocycles. The Balaban J connectivity index is 1.31. The third kappa shape index (κ3) is 6.09. The van der Waals surface area contributed by atoms with Crippen molar-refractivity contribution in [2.24, 2.45) is 5.92 Å². The number of nitrogens with zero attached hydrogens (tertiary/aromatic N) is 2. The molecule has 1 aromatic carbocycles. The van der Waals surface area contributed by atoms with Crippen LogP contribution in [0.2, 0.25) is 0 Å². The first-order valence-corrected chi connectivity index (χ1v) is 11.8. The number of hydrogen-bond donors (Lipinski definition) is 2. The zero-order valence-corrected chi connectivity index (χ0v) is 19.3. The average molecular weight is 473 g/mol. The number of benzene rings is 1. The topological polar surface area (TPSA) is 104 Å². The molecule has 0 saturated heterocycles. The summed E-state index contributed by atoms with van der Waals surface area (Å²) in [4.78, 5) is 29.5. The highest BCUT2D eigenvalue weighted by Crippen LogP contribution is 2.39. The zero-order chi connectivity index (χ0) is 23.8. The van der Waals surface area contributed by atoms with Gasteiger partial charge in [-0.2, -0.15) is 5.26 Å². The predicted molar refractivity (Wildman–Crippen MR) is 131 cm³/mol. The molecule has 0 fully saturated rings. The highest BCUT2D eigenvalue weighted by Gasteiger charge is 2.27. The summed E-state index contributed by atoms with van der Waals surface area (Å²) in [6.45, 7) is 0.735. The van der Waals surface area contributed by atoms with E-state index in [4.69, 9.17) is 4.74 Å². The molecular weight excluding hydrogens is 448 g/mol. The van der Waals surface area contributed by atoms with Crippen LogP contribution < -0.4 is 10.6 Å². The van der Waals surface area contributed by atoms with Gasteiger partial charge in [0.15, 0.2) is 0 Å². The molecule has 0 spiro atoms. The molecule has 3 aromatic rings. The van der Waals surface area contributed by atoms with Crippen LogP contribution in [0.1, 0.15) is 33.6 Å². The molecule has 34 heavy (non-hydrogen) atoms. The Morgan fingerprint density at radius 2 is 2.09 bits per heavy atom. The molecule has 2 N–H and O–H groups in total. The lowest BCUT2D eigenvalue weighted by atomic mass is 9.88. The van der Waals surface area contributed by atoms with Crippen molar-refractivity contribution in [3.05, 3.63) is 88.1 Å². The molecule has 1 aliphatic rings. The lowest BCUT2D eigenvalue weighted by Crippen LogP contribution is -2.27. The van der Waals surface area contributed by atoms with E-state index < -0.39 is 6.09 Å². The van der Waals surface area contributed by atoms with Crippen LogP contribution in [0.15, 0.2) is 60.9 Å². The maximum atomic E-state index is 12.4. The maximum Gasteiger partial charge on any atom is 0.407 e. The molecule has 8 heteroatoms. The molecule has 1 unspecified atom stereocenters. The first kappa shape index (κ1) is 23.2. The van der Waals surface area contributed by atoms with Gasteiger partial charge in [0.1, 0.15) is 11.1 Å². The first-order valence-electron chi connectivity index (χ1n) is 11.0. The first-order chi connectivity index (χ1) is 16.6. The van der Waals surface area contributed by atoms with Crippen molar-refractivity contribution >= 4 is 34.4 Å². The van der Waals surface area contributed by atoms with Crippen LogP contribution in [0, 0.1) is 17.2 Å². The second kappa shape index (κ2) is 11.3. The fourth-order valence-corrected chi connectivity index (χ4v) is 5.13. The highest BCUT2D eigenvalue weighted by molar-refractivity contribution is 7.16. The lowest BCUT2D eigenvalue weighted by molar-refractivity contribution is -0.111. The number of hydrogen-bond acceptors (Lipinski definition) is 6. The number of pyridine rings is 1. The number of thiophene rings is 1. The van der Waals surface area contributed by atoms with Gasteiger partial charge in [-0.1, -0.05) is 36.4 Å². The van der Waals surface area contributed by atoms with Crippen molar-refractivity contribution in [3.63, 3.8) is 0 Å². The third-order valence-electron chi connectivity index (χ3n) is 5.56. The number of nitrogens with one attached hydrogen (secondary N) is 2. The van der Waals surface area contributed by atoms with Crippen molar-refractivity contribution < 1.29 is 14.3 Å². The second-order valence-corrected chi connectivity index (χ2v) is 9.08. The highest BCUT2D eigenvalue weighted by atomic mass is 32.1. The van der Waals surface area contributed by atoms with Crippen molar-refractivity contribution in [2.75, 3.05) is 11.9 Å². The molecule has 2 amide bonds. The number of amides is 2. The number of anilines is 1. The number of fused-ring (bicyclic) bond motifs is 1. The van der Waals surface area contributed by atoms with Gasteiger partial charge in [-0.25, -0.2) is 4.79 Å². The SMILES string of the molecule is N#Cc1c(NC(=O)C=Cc2cccnc2)sc2c1CCC(COC(=O)NCc1ccccc1)C2. The third-order valence-corrected chi connectivity index (χ3v) is 6.73. The van der Waals surface area contributed by atoms with E-state index in [1.807, 2.05) is 36.4 Å².